The average Bonchev–Trinajstić information content (AvgIpc) is 2.62. The number of nitrogens with zero attached hydrogens (tertiary/aromatic N) is 1. The lowest BCUT2D eigenvalue weighted by Crippen LogP contribution is -2.27. The van der Waals surface area contributed by atoms with E-state index in [1.54, 1.807) is 6.92 Å². The molecule has 180 valence electrons. The zero-order chi connectivity index (χ0) is 24.9. The number of carbonyl (C=O) groups is 2. The maximum atomic E-state index is 12.5. The van der Waals surface area contributed by atoms with Crippen molar-refractivity contribution in [2.75, 3.05) is 13.2 Å². The average molecular weight is 477 g/mol. The number of nitro groups is 1. The van der Waals surface area contributed by atoms with Crippen LogP contribution in [0.3, 0.4) is 0 Å². The fraction of sp³-hybridized carbons (Fsp3) is 0.529. The van der Waals surface area contributed by atoms with E-state index in [1.807, 2.05) is 0 Å². The van der Waals surface area contributed by atoms with Gasteiger partial charge in [-0.15, -0.1) is 0 Å². The van der Waals surface area contributed by atoms with Crippen LogP contribution in [0.25, 0.3) is 0 Å². The Balaban J connectivity index is 3.62. The first-order chi connectivity index (χ1) is 14.6. The van der Waals surface area contributed by atoms with Gasteiger partial charge in [0.1, 0.15) is 0 Å². The highest BCUT2D eigenvalue weighted by Gasteiger charge is 2.38. The van der Waals surface area contributed by atoms with E-state index in [2.05, 4.69) is 9.47 Å². The monoisotopic (exact) mass is 477 g/mol. The van der Waals surface area contributed by atoms with Gasteiger partial charge in [0.15, 0.2) is 19.1 Å². The predicted octanol–water partition coefficient (Wildman–Crippen LogP) is 3.99. The summed E-state index contributed by atoms with van der Waals surface area (Å²) in [6, 6.07) is 0.863. The Morgan fingerprint density at radius 3 is 1.81 bits per heavy atom. The zero-order valence-electron chi connectivity index (χ0n) is 16.5. The fourth-order valence-corrected chi connectivity index (χ4v) is 2.22. The second-order valence-electron chi connectivity index (χ2n) is 6.36. The number of rotatable bonds is 10. The van der Waals surface area contributed by atoms with E-state index in [1.165, 1.54) is 6.92 Å². The second kappa shape index (κ2) is 10.4. The number of aliphatic carboxylic acids is 1. The first kappa shape index (κ1) is 26.8. The number of alkyl halides is 6. The maximum Gasteiger partial charge on any atom is 0.422 e. The molecule has 1 aromatic carbocycles. The van der Waals surface area contributed by atoms with Crippen LogP contribution in [0.5, 0.6) is 11.5 Å². The van der Waals surface area contributed by atoms with Gasteiger partial charge >= 0.3 is 30.0 Å². The molecule has 0 aliphatic heterocycles. The zero-order valence-corrected chi connectivity index (χ0v) is 16.5. The predicted molar refractivity (Wildman–Crippen MR) is 92.4 cm³/mol. The lowest BCUT2D eigenvalue weighted by atomic mass is 9.98. The Morgan fingerprint density at radius 1 is 1.06 bits per heavy atom. The fourth-order valence-electron chi connectivity index (χ4n) is 2.22. The van der Waals surface area contributed by atoms with Crippen molar-refractivity contribution in [1.82, 2.24) is 0 Å². The molecule has 0 fully saturated rings. The second-order valence-corrected chi connectivity index (χ2v) is 6.36. The summed E-state index contributed by atoms with van der Waals surface area (Å²) < 4.78 is 88.7. The molecule has 1 N–H and O–H groups in total. The van der Waals surface area contributed by atoms with Gasteiger partial charge in [-0.05, 0) is 31.0 Å². The Kier molecular flexibility index (Phi) is 8.67. The van der Waals surface area contributed by atoms with E-state index in [0.717, 1.165) is 0 Å². The molecule has 0 bridgehead atoms. The highest BCUT2D eigenvalue weighted by molar-refractivity contribution is 6.00. The summed E-state index contributed by atoms with van der Waals surface area (Å²) in [5, 5.41) is 20.7. The minimum Gasteiger partial charge on any atom is -0.480 e. The molecule has 0 heterocycles. The first-order valence-corrected chi connectivity index (χ1v) is 8.70. The highest BCUT2D eigenvalue weighted by Crippen LogP contribution is 2.41. The summed E-state index contributed by atoms with van der Waals surface area (Å²) in [6.45, 7) is -1.19. The topological polar surface area (TPSA) is 125 Å². The summed E-state index contributed by atoms with van der Waals surface area (Å²) >= 11 is 0. The van der Waals surface area contributed by atoms with Crippen LogP contribution in [0.4, 0.5) is 32.0 Å². The molecule has 2 atom stereocenters. The van der Waals surface area contributed by atoms with Gasteiger partial charge in [-0.2, -0.15) is 26.3 Å². The van der Waals surface area contributed by atoms with Crippen LogP contribution in [0.15, 0.2) is 12.1 Å². The van der Waals surface area contributed by atoms with Crippen molar-refractivity contribution in [3.63, 3.8) is 0 Å². The number of carboxylic acids is 1. The van der Waals surface area contributed by atoms with Gasteiger partial charge in [0.05, 0.1) is 11.0 Å². The van der Waals surface area contributed by atoms with E-state index in [0.29, 0.717) is 12.1 Å². The SMILES string of the molecule is CCC(C)OC(=O)C(C(=O)O)c1cc(OCC(F)(F)F)c([N+](=O)[O-])c(OCC(F)(F)F)c1. The van der Waals surface area contributed by atoms with Crippen molar-refractivity contribution in [3.8, 4) is 11.5 Å². The van der Waals surface area contributed by atoms with Gasteiger partial charge in [0.2, 0.25) is 11.5 Å². The summed E-state index contributed by atoms with van der Waals surface area (Å²) in [5.41, 5.74) is -2.16. The van der Waals surface area contributed by atoms with Crippen LogP contribution in [0, 0.1) is 10.1 Å². The Hall–Kier alpha value is -3.26. The normalized spacial score (nSPS) is 13.8. The summed E-state index contributed by atoms with van der Waals surface area (Å²) in [5.74, 6) is -8.01. The molecule has 15 heteroatoms. The lowest BCUT2D eigenvalue weighted by Gasteiger charge is -2.19. The number of halogens is 6. The van der Waals surface area contributed by atoms with Crippen LogP contribution in [-0.2, 0) is 14.3 Å². The molecule has 1 rings (SSSR count). The minimum atomic E-state index is -5.00. The van der Waals surface area contributed by atoms with Gasteiger partial charge in [0, 0.05) is 0 Å². The molecule has 9 nitrogen and oxygen atoms in total. The van der Waals surface area contributed by atoms with Crippen molar-refractivity contribution >= 4 is 17.6 Å². The number of nitro benzene ring substituents is 1. The molecule has 0 spiro atoms. The Morgan fingerprint density at radius 2 is 1.50 bits per heavy atom. The first-order valence-electron chi connectivity index (χ1n) is 8.70. The van der Waals surface area contributed by atoms with Crippen molar-refractivity contribution in [2.45, 2.75) is 44.6 Å². The molecule has 0 aliphatic rings. The van der Waals surface area contributed by atoms with E-state index in [-0.39, 0.29) is 6.42 Å². The van der Waals surface area contributed by atoms with Crippen LogP contribution in [-0.4, -0.2) is 53.6 Å². The smallest absolute Gasteiger partial charge is 0.422 e. The lowest BCUT2D eigenvalue weighted by molar-refractivity contribution is -0.387. The van der Waals surface area contributed by atoms with E-state index in [4.69, 9.17) is 4.74 Å². The van der Waals surface area contributed by atoms with Crippen molar-refractivity contribution < 1.29 is 60.2 Å². The van der Waals surface area contributed by atoms with Crippen LogP contribution in [0.1, 0.15) is 31.7 Å². The van der Waals surface area contributed by atoms with Crippen LogP contribution < -0.4 is 9.47 Å². The molecule has 0 aliphatic carbocycles. The third-order valence-electron chi connectivity index (χ3n) is 3.74. The molecule has 32 heavy (non-hydrogen) atoms. The number of benzene rings is 1. The molecule has 2 unspecified atom stereocenters. The minimum absolute atomic E-state index is 0.262. The molecular weight excluding hydrogens is 460 g/mol. The number of esters is 1. The highest BCUT2D eigenvalue weighted by atomic mass is 19.4. The summed E-state index contributed by atoms with van der Waals surface area (Å²) in [7, 11) is 0. The standard InChI is InChI=1S/C17H17F6NO8/c1-3-8(2)32-15(27)12(14(25)26)9-4-10(30-6-16(18,19)20)13(24(28)29)11(5-9)31-7-17(21,22)23/h4-5,8,12H,3,6-7H2,1-2H3,(H,25,26). The number of ether oxygens (including phenoxy) is 3. The number of carboxylic acid groups (broad SMARTS) is 1. The number of carbonyl (C=O) groups excluding carboxylic acids is 1. The van der Waals surface area contributed by atoms with Gasteiger partial charge in [0.25, 0.3) is 0 Å². The molecule has 0 aromatic heterocycles. The Labute approximate surface area is 176 Å². The van der Waals surface area contributed by atoms with E-state index < -0.39 is 77.2 Å². The van der Waals surface area contributed by atoms with Gasteiger partial charge < -0.3 is 19.3 Å². The number of hydrogen-bond donors (Lipinski definition) is 1. The van der Waals surface area contributed by atoms with Crippen LogP contribution in [0.2, 0.25) is 0 Å². The van der Waals surface area contributed by atoms with Gasteiger partial charge in [-0.3, -0.25) is 19.7 Å². The molecular formula is C17H17F6NO8. The van der Waals surface area contributed by atoms with Crippen molar-refractivity contribution in [1.29, 1.82) is 0 Å². The molecule has 0 saturated carbocycles. The molecule has 1 aromatic rings. The van der Waals surface area contributed by atoms with Crippen molar-refractivity contribution in [3.05, 3.63) is 27.8 Å². The summed E-state index contributed by atoms with van der Waals surface area (Å²) in [4.78, 5) is 33.8. The van der Waals surface area contributed by atoms with E-state index >= 15 is 0 Å². The van der Waals surface area contributed by atoms with Gasteiger partial charge in [-0.25, -0.2) is 0 Å². The quantitative estimate of drug-likeness (QED) is 0.176. The third kappa shape index (κ3) is 8.11. The molecule has 0 amide bonds. The van der Waals surface area contributed by atoms with Crippen LogP contribution >= 0.6 is 0 Å². The third-order valence-corrected chi connectivity index (χ3v) is 3.74. The molecule has 0 saturated heterocycles. The van der Waals surface area contributed by atoms with Crippen molar-refractivity contribution in [2.24, 2.45) is 0 Å². The van der Waals surface area contributed by atoms with E-state index in [9.17, 15) is 51.2 Å². The maximum absolute atomic E-state index is 12.5. The summed E-state index contributed by atoms with van der Waals surface area (Å²) in [6.07, 6.45) is -10.5. The largest absolute Gasteiger partial charge is 0.480 e. The Bertz CT molecular complexity index is 815. The molecule has 0 radical (unpaired) electrons. The van der Waals surface area contributed by atoms with Gasteiger partial charge in [-0.1, -0.05) is 6.92 Å². The number of hydrogen-bond acceptors (Lipinski definition) is 7.